The van der Waals surface area contributed by atoms with Crippen molar-refractivity contribution in [2.75, 3.05) is 6.61 Å². The van der Waals surface area contributed by atoms with E-state index in [-0.39, 0.29) is 5.97 Å². The molecule has 3 rings (SSSR count). The molecule has 3 heteroatoms. The summed E-state index contributed by atoms with van der Waals surface area (Å²) in [6.07, 6.45) is 4.23. The third kappa shape index (κ3) is 4.64. The van der Waals surface area contributed by atoms with Crippen LogP contribution in [0.25, 0.3) is 10.9 Å². The van der Waals surface area contributed by atoms with E-state index in [1.165, 1.54) is 33.3 Å². The minimum atomic E-state index is -0.0941. The molecular formula is C25H31NO2. The van der Waals surface area contributed by atoms with Crippen LogP contribution < -0.4 is 0 Å². The Morgan fingerprint density at radius 2 is 1.82 bits per heavy atom. The number of carbonyl (C=O) groups is 1. The first-order chi connectivity index (χ1) is 13.6. The first-order valence-corrected chi connectivity index (χ1v) is 10.4. The molecule has 0 aliphatic carbocycles. The zero-order valence-corrected chi connectivity index (χ0v) is 17.3. The van der Waals surface area contributed by atoms with Gasteiger partial charge in [0.05, 0.1) is 6.61 Å². The lowest BCUT2D eigenvalue weighted by Gasteiger charge is -2.12. The van der Waals surface area contributed by atoms with Gasteiger partial charge in [0, 0.05) is 29.6 Å². The van der Waals surface area contributed by atoms with Gasteiger partial charge in [0.1, 0.15) is 0 Å². The van der Waals surface area contributed by atoms with Gasteiger partial charge in [-0.3, -0.25) is 4.79 Å². The molecule has 3 nitrogen and oxygen atoms in total. The molecule has 28 heavy (non-hydrogen) atoms. The molecule has 0 radical (unpaired) electrons. The average molecular weight is 378 g/mol. The minimum absolute atomic E-state index is 0.0941. The second kappa shape index (κ2) is 9.59. The maximum absolute atomic E-state index is 11.8. The zero-order chi connectivity index (χ0) is 19.9. The fraction of sp³-hybridized carbons (Fsp3) is 0.400. The smallest absolute Gasteiger partial charge is 0.305 e. The number of ether oxygens (including phenoxy) is 1. The number of hydrogen-bond acceptors (Lipinski definition) is 2. The number of rotatable bonds is 9. The molecule has 0 fully saturated rings. The highest BCUT2D eigenvalue weighted by Crippen LogP contribution is 2.29. The number of hydrogen-bond donors (Lipinski definition) is 0. The molecule has 2 aromatic carbocycles. The first kappa shape index (κ1) is 20.2. The van der Waals surface area contributed by atoms with Gasteiger partial charge in [-0.1, -0.05) is 48.9 Å². The van der Waals surface area contributed by atoms with Crippen LogP contribution in [-0.4, -0.2) is 17.1 Å². The van der Waals surface area contributed by atoms with Crippen LogP contribution in [0.15, 0.2) is 48.5 Å². The summed E-state index contributed by atoms with van der Waals surface area (Å²) in [5, 5.41) is 1.36. The van der Waals surface area contributed by atoms with Crippen molar-refractivity contribution in [2.24, 2.45) is 0 Å². The number of benzene rings is 2. The largest absolute Gasteiger partial charge is 0.466 e. The Morgan fingerprint density at radius 1 is 1.04 bits per heavy atom. The van der Waals surface area contributed by atoms with Gasteiger partial charge in [-0.15, -0.1) is 0 Å². The van der Waals surface area contributed by atoms with E-state index in [4.69, 9.17) is 4.74 Å². The molecule has 0 bridgehead atoms. The van der Waals surface area contributed by atoms with Crippen LogP contribution >= 0.6 is 0 Å². The zero-order valence-electron chi connectivity index (χ0n) is 17.3. The summed E-state index contributed by atoms with van der Waals surface area (Å²) in [6.45, 7) is 7.65. The van der Waals surface area contributed by atoms with E-state index in [0.29, 0.717) is 13.0 Å². The minimum Gasteiger partial charge on any atom is -0.466 e. The molecule has 3 aromatic rings. The Morgan fingerprint density at radius 3 is 2.54 bits per heavy atom. The topological polar surface area (TPSA) is 31.2 Å². The first-order valence-electron chi connectivity index (χ1n) is 10.4. The quantitative estimate of drug-likeness (QED) is 0.452. The van der Waals surface area contributed by atoms with Gasteiger partial charge in [-0.2, -0.15) is 0 Å². The van der Waals surface area contributed by atoms with Gasteiger partial charge in [-0.05, 0) is 62.8 Å². The van der Waals surface area contributed by atoms with Gasteiger partial charge in [0.15, 0.2) is 0 Å². The number of aromatic nitrogens is 1. The number of nitrogens with zero attached hydrogens (tertiary/aromatic N) is 1. The second-order valence-corrected chi connectivity index (χ2v) is 7.35. The lowest BCUT2D eigenvalue weighted by Crippen LogP contribution is -2.09. The van der Waals surface area contributed by atoms with Gasteiger partial charge in [0.25, 0.3) is 0 Å². The van der Waals surface area contributed by atoms with Crippen molar-refractivity contribution in [3.05, 3.63) is 70.9 Å². The van der Waals surface area contributed by atoms with Crippen molar-refractivity contribution in [2.45, 2.75) is 59.4 Å². The van der Waals surface area contributed by atoms with E-state index < -0.39 is 0 Å². The Balaban J connectivity index is 1.90. The Hall–Kier alpha value is -2.55. The Bertz CT molecular complexity index is 925. The van der Waals surface area contributed by atoms with E-state index in [1.807, 2.05) is 6.92 Å². The highest BCUT2D eigenvalue weighted by atomic mass is 16.5. The molecule has 0 spiro atoms. The molecular weight excluding hydrogens is 346 g/mol. The predicted molar refractivity (Wildman–Crippen MR) is 116 cm³/mol. The second-order valence-electron chi connectivity index (χ2n) is 7.35. The molecule has 0 aliphatic heterocycles. The highest BCUT2D eigenvalue weighted by Gasteiger charge is 2.16. The highest BCUT2D eigenvalue weighted by molar-refractivity contribution is 5.86. The van der Waals surface area contributed by atoms with Gasteiger partial charge >= 0.3 is 5.97 Å². The molecule has 148 valence electrons. The van der Waals surface area contributed by atoms with E-state index >= 15 is 0 Å². The molecule has 0 saturated carbocycles. The normalized spacial score (nSPS) is 11.1. The van der Waals surface area contributed by atoms with Crippen molar-refractivity contribution in [3.63, 3.8) is 0 Å². The summed E-state index contributed by atoms with van der Waals surface area (Å²) in [5.41, 5.74) is 6.76. The summed E-state index contributed by atoms with van der Waals surface area (Å²) in [7, 11) is 0. The van der Waals surface area contributed by atoms with Gasteiger partial charge in [-0.25, -0.2) is 0 Å². The summed E-state index contributed by atoms with van der Waals surface area (Å²) in [6, 6.07) is 17.4. The number of esters is 1. The molecule has 0 N–H and O–H groups in total. The average Bonchev–Trinajstić information content (AvgIpc) is 2.99. The SMILES string of the molecule is CCOC(=O)CCCc1c(CC)c2cc(C)ccc2n1CCc1ccccc1. The standard InChI is InChI=1S/C25H31NO2/c1-4-21-22-18-19(3)14-15-24(22)26(17-16-20-10-7-6-8-11-20)23(21)12-9-13-25(27)28-5-2/h6-8,10-11,14-15,18H,4-5,9,12-13,16-17H2,1-3H3. The van der Waals surface area contributed by atoms with Crippen molar-refractivity contribution < 1.29 is 9.53 Å². The third-order valence-electron chi connectivity index (χ3n) is 5.36. The van der Waals surface area contributed by atoms with Crippen molar-refractivity contribution in [3.8, 4) is 0 Å². The van der Waals surface area contributed by atoms with E-state index in [9.17, 15) is 4.79 Å². The fourth-order valence-corrected chi connectivity index (χ4v) is 4.05. The van der Waals surface area contributed by atoms with Crippen LogP contribution in [0.3, 0.4) is 0 Å². The van der Waals surface area contributed by atoms with E-state index in [0.717, 1.165) is 32.2 Å². The number of fused-ring (bicyclic) bond motifs is 1. The Labute approximate surface area is 168 Å². The summed E-state index contributed by atoms with van der Waals surface area (Å²) >= 11 is 0. The molecule has 0 aliphatic rings. The van der Waals surface area contributed by atoms with Crippen LogP contribution in [-0.2, 0) is 35.3 Å². The van der Waals surface area contributed by atoms with Crippen LogP contribution in [0.1, 0.15) is 49.1 Å². The van der Waals surface area contributed by atoms with Crippen molar-refractivity contribution in [1.82, 2.24) is 4.57 Å². The summed E-state index contributed by atoms with van der Waals surface area (Å²) in [4.78, 5) is 11.8. The molecule has 0 atom stereocenters. The summed E-state index contributed by atoms with van der Waals surface area (Å²) < 4.78 is 7.58. The maximum Gasteiger partial charge on any atom is 0.305 e. The van der Waals surface area contributed by atoms with Crippen molar-refractivity contribution in [1.29, 1.82) is 0 Å². The van der Waals surface area contributed by atoms with E-state index in [1.54, 1.807) is 0 Å². The summed E-state index contributed by atoms with van der Waals surface area (Å²) in [5.74, 6) is -0.0941. The lowest BCUT2D eigenvalue weighted by molar-refractivity contribution is -0.143. The fourth-order valence-electron chi connectivity index (χ4n) is 4.05. The molecule has 0 amide bonds. The van der Waals surface area contributed by atoms with Crippen LogP contribution in [0, 0.1) is 6.92 Å². The molecule has 1 aromatic heterocycles. The Kier molecular flexibility index (Phi) is 6.91. The lowest BCUT2D eigenvalue weighted by atomic mass is 10.0. The van der Waals surface area contributed by atoms with E-state index in [2.05, 4.69) is 66.9 Å². The molecule has 0 unspecified atom stereocenters. The molecule has 0 saturated heterocycles. The van der Waals surface area contributed by atoms with Crippen molar-refractivity contribution >= 4 is 16.9 Å². The van der Waals surface area contributed by atoms with Gasteiger partial charge in [0.2, 0.25) is 0 Å². The maximum atomic E-state index is 11.8. The van der Waals surface area contributed by atoms with Crippen LogP contribution in [0.5, 0.6) is 0 Å². The van der Waals surface area contributed by atoms with Crippen LogP contribution in [0.2, 0.25) is 0 Å². The van der Waals surface area contributed by atoms with Crippen LogP contribution in [0.4, 0.5) is 0 Å². The third-order valence-corrected chi connectivity index (χ3v) is 5.36. The van der Waals surface area contributed by atoms with Gasteiger partial charge < -0.3 is 9.30 Å². The number of carbonyl (C=O) groups excluding carboxylic acids is 1. The predicted octanol–water partition coefficient (Wildman–Crippen LogP) is 5.64. The number of aryl methyl sites for hydroxylation is 4. The molecule has 1 heterocycles. The monoisotopic (exact) mass is 377 g/mol.